The molecule has 0 aliphatic carbocycles. The first-order chi connectivity index (χ1) is 8.27. The van der Waals surface area contributed by atoms with Gasteiger partial charge in [-0.3, -0.25) is 0 Å². The third-order valence-corrected chi connectivity index (χ3v) is 3.88. The molecule has 0 amide bonds. The van der Waals surface area contributed by atoms with Crippen molar-refractivity contribution < 1.29 is 4.74 Å². The number of thioether (sulfide) groups is 1. The van der Waals surface area contributed by atoms with Crippen molar-refractivity contribution in [3.8, 4) is 0 Å². The molecular formula is C13H20BrNOS. The van der Waals surface area contributed by atoms with Crippen molar-refractivity contribution in [3.63, 3.8) is 0 Å². The first-order valence-corrected chi connectivity index (χ1v) is 7.66. The predicted octanol–water partition coefficient (Wildman–Crippen LogP) is 3.69. The number of benzene rings is 1. The van der Waals surface area contributed by atoms with E-state index in [2.05, 4.69) is 46.4 Å². The molecule has 0 bridgehead atoms. The van der Waals surface area contributed by atoms with Crippen molar-refractivity contribution in [1.29, 1.82) is 0 Å². The number of rotatable bonds is 8. The maximum absolute atomic E-state index is 5.08. The molecule has 0 fully saturated rings. The first kappa shape index (κ1) is 15.0. The van der Waals surface area contributed by atoms with Crippen LogP contribution in [0, 0.1) is 0 Å². The number of hydrogen-bond acceptors (Lipinski definition) is 3. The Kier molecular flexibility index (Phi) is 7.93. The van der Waals surface area contributed by atoms with Gasteiger partial charge in [0.25, 0.3) is 0 Å². The minimum absolute atomic E-state index is 0.794. The molecule has 0 aliphatic rings. The van der Waals surface area contributed by atoms with Gasteiger partial charge in [-0.05, 0) is 36.7 Å². The zero-order chi connectivity index (χ0) is 12.5. The maximum Gasteiger partial charge on any atom is 0.0556 e. The zero-order valence-electron chi connectivity index (χ0n) is 10.5. The number of hydrogen-bond donors (Lipinski definition) is 1. The second-order valence-electron chi connectivity index (χ2n) is 3.77. The number of methoxy groups -OCH3 is 1. The van der Waals surface area contributed by atoms with Gasteiger partial charge in [-0.2, -0.15) is 0 Å². The van der Waals surface area contributed by atoms with Crippen LogP contribution < -0.4 is 5.32 Å². The molecule has 1 aromatic carbocycles. The first-order valence-electron chi connectivity index (χ1n) is 5.88. The van der Waals surface area contributed by atoms with Gasteiger partial charge in [0.05, 0.1) is 6.61 Å². The molecule has 0 aliphatic heterocycles. The van der Waals surface area contributed by atoms with E-state index in [1.54, 1.807) is 7.11 Å². The van der Waals surface area contributed by atoms with E-state index in [4.69, 9.17) is 4.74 Å². The Morgan fingerprint density at radius 2 is 2.24 bits per heavy atom. The summed E-state index contributed by atoms with van der Waals surface area (Å²) in [6.45, 7) is 4.97. The van der Waals surface area contributed by atoms with E-state index in [-0.39, 0.29) is 0 Å². The Morgan fingerprint density at radius 3 is 2.94 bits per heavy atom. The van der Waals surface area contributed by atoms with Gasteiger partial charge in [0.1, 0.15) is 0 Å². The van der Waals surface area contributed by atoms with Gasteiger partial charge in [-0.15, -0.1) is 11.8 Å². The smallest absolute Gasteiger partial charge is 0.0556 e. The van der Waals surface area contributed by atoms with Gasteiger partial charge in [-0.1, -0.05) is 22.9 Å². The fourth-order valence-corrected chi connectivity index (χ4v) is 2.82. The van der Waals surface area contributed by atoms with Gasteiger partial charge in [0.2, 0.25) is 0 Å². The molecule has 17 heavy (non-hydrogen) atoms. The quantitative estimate of drug-likeness (QED) is 0.583. The second kappa shape index (κ2) is 8.97. The van der Waals surface area contributed by atoms with Crippen LogP contribution in [0.1, 0.15) is 18.9 Å². The standard InChI is InChI=1S/C13H20BrNOS/c1-3-6-15-10-11-9-12(14)4-5-13(11)17-8-7-16-2/h4-5,9,15H,3,6-8,10H2,1-2H3. The summed E-state index contributed by atoms with van der Waals surface area (Å²) in [5.74, 6) is 0.999. The molecule has 1 aromatic rings. The number of halogens is 1. The van der Waals surface area contributed by atoms with Crippen LogP contribution in [0.4, 0.5) is 0 Å². The largest absolute Gasteiger partial charge is 0.384 e. The molecule has 0 aromatic heterocycles. The van der Waals surface area contributed by atoms with Crippen LogP contribution >= 0.6 is 27.7 Å². The van der Waals surface area contributed by atoms with Crippen LogP contribution in [0.3, 0.4) is 0 Å². The Morgan fingerprint density at radius 1 is 1.41 bits per heavy atom. The minimum Gasteiger partial charge on any atom is -0.384 e. The third kappa shape index (κ3) is 5.91. The van der Waals surface area contributed by atoms with Gasteiger partial charge in [-0.25, -0.2) is 0 Å². The summed E-state index contributed by atoms with van der Waals surface area (Å²) in [6, 6.07) is 6.46. The summed E-state index contributed by atoms with van der Waals surface area (Å²) in [4.78, 5) is 1.34. The molecule has 0 radical (unpaired) electrons. The lowest BCUT2D eigenvalue weighted by atomic mass is 10.2. The van der Waals surface area contributed by atoms with Crippen molar-refractivity contribution in [1.82, 2.24) is 5.32 Å². The molecular weight excluding hydrogens is 298 g/mol. The van der Waals surface area contributed by atoms with Crippen molar-refractivity contribution in [2.45, 2.75) is 24.8 Å². The van der Waals surface area contributed by atoms with Crippen LogP contribution in [-0.2, 0) is 11.3 Å². The lowest BCUT2D eigenvalue weighted by molar-refractivity contribution is 0.218. The van der Waals surface area contributed by atoms with E-state index in [9.17, 15) is 0 Å². The molecule has 0 spiro atoms. The normalized spacial score (nSPS) is 10.8. The molecule has 0 heterocycles. The highest BCUT2D eigenvalue weighted by molar-refractivity contribution is 9.10. The van der Waals surface area contributed by atoms with Crippen LogP contribution in [-0.4, -0.2) is 26.0 Å². The fourth-order valence-electron chi connectivity index (χ4n) is 1.46. The molecule has 4 heteroatoms. The Labute approximate surface area is 117 Å². The van der Waals surface area contributed by atoms with Crippen molar-refractivity contribution in [3.05, 3.63) is 28.2 Å². The lowest BCUT2D eigenvalue weighted by Crippen LogP contribution is -2.14. The van der Waals surface area contributed by atoms with E-state index in [1.807, 2.05) is 11.8 Å². The summed E-state index contributed by atoms with van der Waals surface area (Å²) in [7, 11) is 1.74. The summed E-state index contributed by atoms with van der Waals surface area (Å²) in [6.07, 6.45) is 1.17. The van der Waals surface area contributed by atoms with E-state index >= 15 is 0 Å². The van der Waals surface area contributed by atoms with Crippen LogP contribution in [0.25, 0.3) is 0 Å². The summed E-state index contributed by atoms with van der Waals surface area (Å²) < 4.78 is 6.22. The van der Waals surface area contributed by atoms with Gasteiger partial charge >= 0.3 is 0 Å². The van der Waals surface area contributed by atoms with Crippen molar-refractivity contribution in [2.24, 2.45) is 0 Å². The second-order valence-corrected chi connectivity index (χ2v) is 5.82. The SMILES string of the molecule is CCCNCc1cc(Br)ccc1SCCOC. The van der Waals surface area contributed by atoms with Gasteiger partial charge < -0.3 is 10.1 Å². The van der Waals surface area contributed by atoms with Crippen molar-refractivity contribution in [2.75, 3.05) is 26.0 Å². The lowest BCUT2D eigenvalue weighted by Gasteiger charge is -2.10. The average Bonchev–Trinajstić information content (AvgIpc) is 2.32. The summed E-state index contributed by atoms with van der Waals surface area (Å²) >= 11 is 5.38. The number of nitrogens with one attached hydrogen (secondary N) is 1. The Bertz CT molecular complexity index is 333. The van der Waals surface area contributed by atoms with E-state index in [0.29, 0.717) is 0 Å². The van der Waals surface area contributed by atoms with E-state index in [1.165, 1.54) is 16.9 Å². The third-order valence-electron chi connectivity index (χ3n) is 2.31. The molecule has 0 atom stereocenters. The zero-order valence-corrected chi connectivity index (χ0v) is 12.9. The topological polar surface area (TPSA) is 21.3 Å². The Balaban J connectivity index is 2.59. The van der Waals surface area contributed by atoms with Crippen LogP contribution in [0.2, 0.25) is 0 Å². The molecule has 0 saturated carbocycles. The molecule has 1 rings (SSSR count). The fraction of sp³-hybridized carbons (Fsp3) is 0.538. The molecule has 0 unspecified atom stereocenters. The predicted molar refractivity (Wildman–Crippen MR) is 78.7 cm³/mol. The Hall–Kier alpha value is -0.0300. The highest BCUT2D eigenvalue weighted by atomic mass is 79.9. The molecule has 96 valence electrons. The average molecular weight is 318 g/mol. The minimum atomic E-state index is 0.794. The molecule has 2 nitrogen and oxygen atoms in total. The number of ether oxygens (including phenoxy) is 1. The van der Waals surface area contributed by atoms with Gasteiger partial charge in [0.15, 0.2) is 0 Å². The van der Waals surface area contributed by atoms with Crippen molar-refractivity contribution >= 4 is 27.7 Å². The maximum atomic E-state index is 5.08. The highest BCUT2D eigenvalue weighted by Crippen LogP contribution is 2.25. The molecule has 0 saturated heterocycles. The van der Waals surface area contributed by atoms with Gasteiger partial charge in [0, 0.05) is 28.8 Å². The summed E-state index contributed by atoms with van der Waals surface area (Å²) in [5, 5.41) is 3.44. The summed E-state index contributed by atoms with van der Waals surface area (Å²) in [5.41, 5.74) is 1.36. The monoisotopic (exact) mass is 317 g/mol. The highest BCUT2D eigenvalue weighted by Gasteiger charge is 2.03. The van der Waals surface area contributed by atoms with Crippen LogP contribution in [0.5, 0.6) is 0 Å². The molecule has 1 N–H and O–H groups in total. The van der Waals surface area contributed by atoms with Crippen LogP contribution in [0.15, 0.2) is 27.6 Å². The van der Waals surface area contributed by atoms with E-state index < -0.39 is 0 Å². The van der Waals surface area contributed by atoms with E-state index in [0.717, 1.165) is 29.9 Å².